The Morgan fingerprint density at radius 2 is 2.14 bits per heavy atom. The molecule has 0 atom stereocenters. The van der Waals surface area contributed by atoms with Gasteiger partial charge in [0, 0.05) is 29.5 Å². The molecule has 0 saturated heterocycles. The van der Waals surface area contributed by atoms with Gasteiger partial charge in [-0.1, -0.05) is 11.6 Å². The summed E-state index contributed by atoms with van der Waals surface area (Å²) in [4.78, 5) is 16.0. The van der Waals surface area contributed by atoms with Gasteiger partial charge in [0.1, 0.15) is 5.75 Å². The largest absolute Gasteiger partial charge is 0.496 e. The molecule has 0 aliphatic heterocycles. The Balaban J connectivity index is 0.00000242. The number of nitrogens with zero attached hydrogens (tertiary/aromatic N) is 1. The van der Waals surface area contributed by atoms with Crippen LogP contribution in [0.25, 0.3) is 0 Å². The molecule has 1 N–H and O–H groups in total. The first-order valence-electron chi connectivity index (χ1n) is 6.55. The Kier molecular flexibility index (Phi) is 6.65. The maximum Gasteiger partial charge on any atom is 0.253 e. The predicted molar refractivity (Wildman–Crippen MR) is 90.1 cm³/mol. The molecule has 0 aliphatic carbocycles. The van der Waals surface area contributed by atoms with Crippen LogP contribution in [0.15, 0.2) is 30.6 Å². The van der Waals surface area contributed by atoms with Crippen molar-refractivity contribution in [2.24, 2.45) is 0 Å². The zero-order chi connectivity index (χ0) is 15.4. The minimum atomic E-state index is -0.179. The Morgan fingerprint density at radius 1 is 1.41 bits per heavy atom. The monoisotopic (exact) mass is 340 g/mol. The zero-order valence-corrected chi connectivity index (χ0v) is 14.2. The fourth-order valence-electron chi connectivity index (χ4n) is 2.13. The lowest BCUT2D eigenvalue weighted by molar-refractivity contribution is 0.0950. The third-order valence-electron chi connectivity index (χ3n) is 3.34. The fraction of sp³-hybridized carbons (Fsp3) is 0.250. The number of methoxy groups -OCH3 is 1. The quantitative estimate of drug-likeness (QED) is 0.922. The summed E-state index contributed by atoms with van der Waals surface area (Å²) in [5.74, 6) is 0.544. The Morgan fingerprint density at radius 3 is 2.73 bits per heavy atom. The Hall–Kier alpha value is -1.78. The molecular formula is C16H18Cl2N2O2. The SMILES string of the molecule is COc1cc(C)c(Cl)c(C)c1CNC(=O)c1cccnc1.Cl. The lowest BCUT2D eigenvalue weighted by atomic mass is 10.0. The molecule has 0 unspecified atom stereocenters. The van der Waals surface area contributed by atoms with Crippen LogP contribution >= 0.6 is 24.0 Å². The van der Waals surface area contributed by atoms with Crippen LogP contribution in [-0.4, -0.2) is 18.0 Å². The zero-order valence-electron chi connectivity index (χ0n) is 12.6. The summed E-state index contributed by atoms with van der Waals surface area (Å²) >= 11 is 6.27. The molecule has 1 heterocycles. The summed E-state index contributed by atoms with van der Waals surface area (Å²) in [6, 6.07) is 5.32. The molecule has 2 rings (SSSR count). The topological polar surface area (TPSA) is 51.2 Å². The molecular weight excluding hydrogens is 323 g/mol. The number of benzene rings is 1. The lowest BCUT2D eigenvalue weighted by Crippen LogP contribution is -2.23. The van der Waals surface area contributed by atoms with Gasteiger partial charge in [-0.05, 0) is 43.2 Å². The molecule has 22 heavy (non-hydrogen) atoms. The van der Waals surface area contributed by atoms with Gasteiger partial charge in [0.15, 0.2) is 0 Å². The van der Waals surface area contributed by atoms with Crippen molar-refractivity contribution in [3.8, 4) is 5.75 Å². The van der Waals surface area contributed by atoms with Crippen LogP contribution in [0.1, 0.15) is 27.0 Å². The van der Waals surface area contributed by atoms with Crippen molar-refractivity contribution in [3.63, 3.8) is 0 Å². The maximum absolute atomic E-state index is 12.1. The summed E-state index contributed by atoms with van der Waals surface area (Å²) in [5.41, 5.74) is 3.27. The molecule has 4 nitrogen and oxygen atoms in total. The number of hydrogen-bond acceptors (Lipinski definition) is 3. The molecule has 0 aliphatic rings. The van der Waals surface area contributed by atoms with E-state index in [1.807, 2.05) is 19.9 Å². The molecule has 1 aromatic heterocycles. The fourth-order valence-corrected chi connectivity index (χ4v) is 2.30. The van der Waals surface area contributed by atoms with Gasteiger partial charge in [-0.25, -0.2) is 0 Å². The van der Waals surface area contributed by atoms with Gasteiger partial charge in [-0.3, -0.25) is 9.78 Å². The summed E-state index contributed by atoms with van der Waals surface area (Å²) < 4.78 is 5.38. The number of carbonyl (C=O) groups is 1. The van der Waals surface area contributed by atoms with Crippen LogP contribution in [0.5, 0.6) is 5.75 Å². The van der Waals surface area contributed by atoms with Crippen molar-refractivity contribution in [3.05, 3.63) is 57.9 Å². The van der Waals surface area contributed by atoms with Gasteiger partial charge in [-0.2, -0.15) is 0 Å². The smallest absolute Gasteiger partial charge is 0.253 e. The number of halogens is 2. The first kappa shape index (κ1) is 18.3. The van der Waals surface area contributed by atoms with Gasteiger partial charge >= 0.3 is 0 Å². The van der Waals surface area contributed by atoms with Crippen LogP contribution in [0.2, 0.25) is 5.02 Å². The minimum absolute atomic E-state index is 0. The predicted octanol–water partition coefficient (Wildman–Crippen LogP) is 3.71. The van der Waals surface area contributed by atoms with Crippen LogP contribution < -0.4 is 10.1 Å². The van der Waals surface area contributed by atoms with E-state index in [0.29, 0.717) is 17.1 Å². The molecule has 2 aromatic rings. The van der Waals surface area contributed by atoms with E-state index in [1.165, 1.54) is 6.20 Å². The molecule has 118 valence electrons. The molecule has 0 fully saturated rings. The average molecular weight is 341 g/mol. The van der Waals surface area contributed by atoms with E-state index >= 15 is 0 Å². The highest BCUT2D eigenvalue weighted by molar-refractivity contribution is 6.32. The van der Waals surface area contributed by atoms with Gasteiger partial charge in [0.25, 0.3) is 5.91 Å². The average Bonchev–Trinajstić information content (AvgIpc) is 2.52. The van der Waals surface area contributed by atoms with Crippen LogP contribution in [0, 0.1) is 13.8 Å². The normalized spacial score (nSPS) is 9.82. The first-order valence-corrected chi connectivity index (χ1v) is 6.93. The molecule has 0 bridgehead atoms. The highest BCUT2D eigenvalue weighted by Crippen LogP contribution is 2.31. The number of amides is 1. The van der Waals surface area contributed by atoms with Gasteiger partial charge in [-0.15, -0.1) is 12.4 Å². The van der Waals surface area contributed by atoms with Crippen molar-refractivity contribution >= 4 is 29.9 Å². The standard InChI is InChI=1S/C16H17ClN2O2.ClH/c1-10-7-14(21-3)13(11(2)15(10)17)9-19-16(20)12-5-4-6-18-8-12;/h4-8H,9H2,1-3H3,(H,19,20);1H. The van der Waals surface area contributed by atoms with Gasteiger partial charge in [0.2, 0.25) is 0 Å². The second kappa shape index (κ2) is 8.01. The van der Waals surface area contributed by atoms with Crippen molar-refractivity contribution in [2.75, 3.05) is 7.11 Å². The Labute approximate surface area is 141 Å². The van der Waals surface area contributed by atoms with E-state index in [0.717, 1.165) is 22.4 Å². The number of aryl methyl sites for hydroxylation is 1. The van der Waals surface area contributed by atoms with Gasteiger partial charge < -0.3 is 10.1 Å². The van der Waals surface area contributed by atoms with E-state index in [9.17, 15) is 4.79 Å². The van der Waals surface area contributed by atoms with E-state index in [4.69, 9.17) is 16.3 Å². The summed E-state index contributed by atoms with van der Waals surface area (Å²) in [6.45, 7) is 4.20. The number of nitrogens with one attached hydrogen (secondary N) is 1. The third kappa shape index (κ3) is 3.90. The molecule has 0 spiro atoms. The van der Waals surface area contributed by atoms with Crippen molar-refractivity contribution in [1.29, 1.82) is 0 Å². The summed E-state index contributed by atoms with van der Waals surface area (Å²) in [5, 5.41) is 3.56. The van der Waals surface area contributed by atoms with Crippen LogP contribution in [-0.2, 0) is 6.54 Å². The van der Waals surface area contributed by atoms with Crippen molar-refractivity contribution < 1.29 is 9.53 Å². The van der Waals surface area contributed by atoms with Crippen LogP contribution in [0.4, 0.5) is 0 Å². The summed E-state index contributed by atoms with van der Waals surface area (Å²) in [6.07, 6.45) is 3.16. The number of ether oxygens (including phenoxy) is 1. The molecule has 0 saturated carbocycles. The van der Waals surface area contributed by atoms with E-state index in [2.05, 4.69) is 10.3 Å². The van der Waals surface area contributed by atoms with Crippen molar-refractivity contribution in [1.82, 2.24) is 10.3 Å². The van der Waals surface area contributed by atoms with Crippen molar-refractivity contribution in [2.45, 2.75) is 20.4 Å². The molecule has 6 heteroatoms. The number of hydrogen-bond donors (Lipinski definition) is 1. The van der Waals surface area contributed by atoms with E-state index < -0.39 is 0 Å². The van der Waals surface area contributed by atoms with E-state index in [1.54, 1.807) is 25.4 Å². The third-order valence-corrected chi connectivity index (χ3v) is 3.92. The number of rotatable bonds is 4. The van der Waals surface area contributed by atoms with E-state index in [-0.39, 0.29) is 18.3 Å². The first-order chi connectivity index (χ1) is 10.0. The van der Waals surface area contributed by atoms with Crippen LogP contribution in [0.3, 0.4) is 0 Å². The Bertz CT molecular complexity index is 661. The lowest BCUT2D eigenvalue weighted by Gasteiger charge is -2.15. The molecule has 1 aromatic carbocycles. The van der Waals surface area contributed by atoms with Gasteiger partial charge in [0.05, 0.1) is 12.7 Å². The second-order valence-electron chi connectivity index (χ2n) is 4.74. The summed E-state index contributed by atoms with van der Waals surface area (Å²) in [7, 11) is 1.61. The molecule has 1 amide bonds. The maximum atomic E-state index is 12.1. The molecule has 0 radical (unpaired) electrons. The number of pyridine rings is 1. The minimum Gasteiger partial charge on any atom is -0.496 e. The highest BCUT2D eigenvalue weighted by atomic mass is 35.5. The highest BCUT2D eigenvalue weighted by Gasteiger charge is 2.14. The number of aromatic nitrogens is 1. The number of carbonyl (C=O) groups excluding carboxylic acids is 1. The second-order valence-corrected chi connectivity index (χ2v) is 5.12.